The van der Waals surface area contributed by atoms with Crippen LogP contribution < -0.4 is 16.0 Å². The Balaban J connectivity index is 1.97. The van der Waals surface area contributed by atoms with Crippen LogP contribution in [0.4, 0.5) is 16.2 Å². The lowest BCUT2D eigenvalue weighted by Crippen LogP contribution is -2.65. The van der Waals surface area contributed by atoms with E-state index in [4.69, 9.17) is 10.5 Å². The molecule has 39 heavy (non-hydrogen) atoms. The molecule has 1 fully saturated rings. The van der Waals surface area contributed by atoms with Crippen molar-refractivity contribution >= 4 is 40.7 Å². The molecule has 13 nitrogen and oxygen atoms in total. The molecule has 1 saturated carbocycles. The number of phenols is 1. The Labute approximate surface area is 224 Å². The molecule has 0 bridgehead atoms. The Hall–Kier alpha value is -4.10. The monoisotopic (exact) mass is 544 g/mol. The molecule has 0 aromatic heterocycles. The molecule has 3 aliphatic rings. The van der Waals surface area contributed by atoms with E-state index in [0.717, 1.165) is 0 Å². The molecule has 0 spiro atoms. The van der Waals surface area contributed by atoms with Crippen LogP contribution in [-0.2, 0) is 25.5 Å². The van der Waals surface area contributed by atoms with Gasteiger partial charge >= 0.3 is 6.09 Å². The second-order valence-electron chi connectivity index (χ2n) is 10.3. The van der Waals surface area contributed by atoms with Crippen molar-refractivity contribution in [2.45, 2.75) is 31.4 Å². The molecule has 0 saturated heterocycles. The minimum Gasteiger partial charge on any atom is -0.508 e. The fourth-order valence-electron chi connectivity index (χ4n) is 6.06. The van der Waals surface area contributed by atoms with E-state index >= 15 is 0 Å². The Kier molecular flexibility index (Phi) is 6.86. The molecule has 0 heterocycles. The van der Waals surface area contributed by atoms with Crippen LogP contribution in [-0.4, -0.2) is 95.3 Å². The third-order valence-electron chi connectivity index (χ3n) is 7.69. The molecule has 2 unspecified atom stereocenters. The fourth-order valence-corrected chi connectivity index (χ4v) is 6.06. The number of anilines is 2. The second kappa shape index (κ2) is 9.58. The average Bonchev–Trinajstić information content (AvgIpc) is 2.82. The van der Waals surface area contributed by atoms with Crippen molar-refractivity contribution in [1.29, 1.82) is 0 Å². The van der Waals surface area contributed by atoms with E-state index < -0.39 is 69.9 Å². The summed E-state index contributed by atoms with van der Waals surface area (Å²) in [4.78, 5) is 54.4. The zero-order valence-electron chi connectivity index (χ0n) is 22.2. The van der Waals surface area contributed by atoms with Crippen LogP contribution >= 0.6 is 0 Å². The van der Waals surface area contributed by atoms with E-state index in [1.807, 2.05) is 0 Å². The highest BCUT2D eigenvalue weighted by Crippen LogP contribution is 2.54. The number of benzene rings is 1. The maximum absolute atomic E-state index is 13.9. The van der Waals surface area contributed by atoms with Gasteiger partial charge in [0.1, 0.15) is 17.1 Å². The molecule has 3 aliphatic carbocycles. The van der Waals surface area contributed by atoms with Crippen LogP contribution in [0.25, 0.3) is 5.76 Å². The molecule has 0 radical (unpaired) electrons. The molecular weight excluding hydrogens is 512 g/mol. The number of nitrogens with zero attached hydrogens (tertiary/aromatic N) is 2. The topological polar surface area (TPSA) is 203 Å². The van der Waals surface area contributed by atoms with Gasteiger partial charge in [0.2, 0.25) is 5.78 Å². The zero-order valence-corrected chi connectivity index (χ0v) is 22.2. The summed E-state index contributed by atoms with van der Waals surface area (Å²) in [6, 6.07) is 0.338. The van der Waals surface area contributed by atoms with Gasteiger partial charge in [-0.15, -0.1) is 0 Å². The summed E-state index contributed by atoms with van der Waals surface area (Å²) in [5.74, 6) is -7.46. The number of aliphatic hydroxyl groups is 3. The summed E-state index contributed by atoms with van der Waals surface area (Å²) in [7, 11) is 6.51. The van der Waals surface area contributed by atoms with Gasteiger partial charge in [-0.25, -0.2) is 4.79 Å². The lowest BCUT2D eigenvalue weighted by molar-refractivity contribution is -0.153. The van der Waals surface area contributed by atoms with Crippen LogP contribution in [0.5, 0.6) is 5.75 Å². The SMILES string of the molecule is CCOC(=O)Nc1cc(N(C)C)c2c(c1O)C(O)=C1C(=O)[C@]3(O)C(O)=C(C(N)=O)C(=O)[C@@H](N(C)C)C3CC1C2. The first-order valence-electron chi connectivity index (χ1n) is 12.3. The van der Waals surface area contributed by atoms with Gasteiger partial charge in [0, 0.05) is 31.3 Å². The summed E-state index contributed by atoms with van der Waals surface area (Å²) in [6.07, 6.45) is -0.753. The molecule has 4 rings (SSSR count). The number of phenolic OH excluding ortho intramolecular Hbond substituents is 1. The number of nitrogens with one attached hydrogen (secondary N) is 1. The van der Waals surface area contributed by atoms with Gasteiger partial charge in [-0.2, -0.15) is 0 Å². The van der Waals surface area contributed by atoms with Crippen LogP contribution in [0, 0.1) is 11.8 Å². The van der Waals surface area contributed by atoms with Crippen molar-refractivity contribution in [3.8, 4) is 5.75 Å². The third kappa shape index (κ3) is 4.00. The van der Waals surface area contributed by atoms with Gasteiger partial charge in [-0.3, -0.25) is 24.6 Å². The largest absolute Gasteiger partial charge is 0.508 e. The summed E-state index contributed by atoms with van der Waals surface area (Å²) >= 11 is 0. The van der Waals surface area contributed by atoms with E-state index in [0.29, 0.717) is 11.3 Å². The number of amides is 2. The number of hydrogen-bond donors (Lipinski definition) is 6. The second-order valence-corrected chi connectivity index (χ2v) is 10.3. The van der Waals surface area contributed by atoms with Crippen LogP contribution in [0.3, 0.4) is 0 Å². The maximum Gasteiger partial charge on any atom is 0.411 e. The molecule has 2 amide bonds. The smallest absolute Gasteiger partial charge is 0.411 e. The average molecular weight is 545 g/mol. The van der Waals surface area contributed by atoms with Crippen molar-refractivity contribution in [2.75, 3.05) is 45.0 Å². The highest BCUT2D eigenvalue weighted by atomic mass is 16.5. The van der Waals surface area contributed by atoms with Crippen molar-refractivity contribution in [2.24, 2.45) is 17.6 Å². The van der Waals surface area contributed by atoms with Gasteiger partial charge < -0.3 is 35.8 Å². The Morgan fingerprint density at radius 3 is 2.36 bits per heavy atom. The first-order valence-corrected chi connectivity index (χ1v) is 12.3. The number of carbonyl (C=O) groups is 4. The molecular formula is C26H32N4O9. The Bertz CT molecular complexity index is 1360. The molecule has 1 aromatic carbocycles. The molecule has 210 valence electrons. The number of carbonyl (C=O) groups excluding carboxylic acids is 4. The summed E-state index contributed by atoms with van der Waals surface area (Å²) in [5, 5.41) is 47.5. The third-order valence-corrected chi connectivity index (χ3v) is 7.69. The quantitative estimate of drug-likeness (QED) is 0.224. The van der Waals surface area contributed by atoms with Crippen molar-refractivity contribution < 1.29 is 44.3 Å². The number of Topliss-reactive ketones (excluding diaryl/α,β-unsaturated/α-hetero) is 2. The van der Waals surface area contributed by atoms with Crippen molar-refractivity contribution in [3.05, 3.63) is 34.1 Å². The maximum atomic E-state index is 13.9. The van der Waals surface area contributed by atoms with E-state index in [1.165, 1.54) is 25.1 Å². The van der Waals surface area contributed by atoms with Crippen molar-refractivity contribution in [1.82, 2.24) is 4.90 Å². The molecule has 7 N–H and O–H groups in total. The number of hydrogen-bond acceptors (Lipinski definition) is 11. The molecule has 4 atom stereocenters. The number of primary amides is 1. The number of aromatic hydroxyl groups is 1. The first kappa shape index (κ1) is 27.9. The van der Waals surface area contributed by atoms with E-state index in [9.17, 15) is 39.6 Å². The number of aliphatic hydroxyl groups excluding tert-OH is 2. The van der Waals surface area contributed by atoms with Gasteiger partial charge in [0.25, 0.3) is 5.91 Å². The van der Waals surface area contributed by atoms with E-state index in [1.54, 1.807) is 25.9 Å². The zero-order chi connectivity index (χ0) is 29.1. The number of ketones is 2. The molecule has 13 heteroatoms. The summed E-state index contributed by atoms with van der Waals surface area (Å²) < 4.78 is 4.89. The first-order chi connectivity index (χ1) is 18.2. The highest BCUT2D eigenvalue weighted by Gasteiger charge is 2.64. The minimum atomic E-state index is -2.73. The number of ether oxygens (including phenoxy) is 1. The molecule has 0 aliphatic heterocycles. The number of likely N-dealkylation sites (N-methyl/N-ethyl adjacent to an activating group) is 1. The highest BCUT2D eigenvalue weighted by molar-refractivity contribution is 6.24. The molecule has 1 aromatic rings. The fraction of sp³-hybridized carbons (Fsp3) is 0.462. The summed E-state index contributed by atoms with van der Waals surface area (Å²) in [6.45, 7) is 1.68. The minimum absolute atomic E-state index is 0.0256. The van der Waals surface area contributed by atoms with Gasteiger partial charge in [-0.05, 0) is 51.4 Å². The van der Waals surface area contributed by atoms with E-state index in [2.05, 4.69) is 5.32 Å². The predicted octanol–water partition coefficient (Wildman–Crippen LogP) is 0.598. The lowest BCUT2D eigenvalue weighted by Gasteiger charge is -2.50. The predicted molar refractivity (Wildman–Crippen MR) is 139 cm³/mol. The lowest BCUT2D eigenvalue weighted by atomic mass is 9.57. The van der Waals surface area contributed by atoms with Crippen LogP contribution in [0.2, 0.25) is 0 Å². The van der Waals surface area contributed by atoms with Gasteiger partial charge in [-0.1, -0.05) is 0 Å². The van der Waals surface area contributed by atoms with Gasteiger partial charge in [0.15, 0.2) is 17.1 Å². The normalized spacial score (nSPS) is 26.2. The Morgan fingerprint density at radius 2 is 1.82 bits per heavy atom. The standard InChI is InChI=1S/C26H32N4O9/c1-6-39-25(37)28-13-9-14(29(2)3)11-7-10-8-12-18(30(4)5)21(33)17(24(27)36)23(35)26(12,38)22(34)15(10)20(32)16(11)19(13)31/h9-10,12,18,31-32,35,38H,6-8H2,1-5H3,(H2,27,36)(H,28,37)/t10?,12?,18-,26-/m0/s1. The number of rotatable bonds is 5. The van der Waals surface area contributed by atoms with E-state index in [-0.39, 0.29) is 36.3 Å². The van der Waals surface area contributed by atoms with Crippen LogP contribution in [0.15, 0.2) is 23.0 Å². The number of fused-ring (bicyclic) bond motifs is 3. The van der Waals surface area contributed by atoms with Gasteiger partial charge in [0.05, 0.1) is 23.9 Å². The summed E-state index contributed by atoms with van der Waals surface area (Å²) in [5.41, 5.74) is 2.22. The number of nitrogens with two attached hydrogens (primary N) is 1. The van der Waals surface area contributed by atoms with Crippen molar-refractivity contribution in [3.63, 3.8) is 0 Å². The Morgan fingerprint density at radius 1 is 1.18 bits per heavy atom. The van der Waals surface area contributed by atoms with Crippen LogP contribution in [0.1, 0.15) is 24.5 Å².